The third-order valence-corrected chi connectivity index (χ3v) is 4.59. The van der Waals surface area contributed by atoms with Gasteiger partial charge in [-0.1, -0.05) is 52.9 Å². The summed E-state index contributed by atoms with van der Waals surface area (Å²) in [6.07, 6.45) is 0. The minimum absolute atomic E-state index is 0.544. The van der Waals surface area contributed by atoms with Crippen molar-refractivity contribution >= 4 is 40.7 Å². The molecule has 0 amide bonds. The van der Waals surface area contributed by atoms with Crippen molar-refractivity contribution in [2.75, 3.05) is 0 Å². The smallest absolute Gasteiger partial charge is 0.316 e. The molecular weight excluding hydrogens is 292 g/mol. The van der Waals surface area contributed by atoms with Crippen molar-refractivity contribution in [1.29, 1.82) is 0 Å². The molecule has 94 valence electrons. The van der Waals surface area contributed by atoms with E-state index in [-0.39, 0.29) is 0 Å². The number of halogens is 1. The summed E-state index contributed by atoms with van der Waals surface area (Å²) in [5.74, 6) is -0.866. The maximum Gasteiger partial charge on any atom is 0.316 e. The van der Waals surface area contributed by atoms with E-state index in [2.05, 4.69) is 10.2 Å². The van der Waals surface area contributed by atoms with E-state index in [1.54, 1.807) is 13.0 Å². The maximum atomic E-state index is 10.7. The Balaban J connectivity index is 2.21. The molecular formula is C11H9ClN2O2S2. The van der Waals surface area contributed by atoms with Gasteiger partial charge in [0, 0.05) is 5.56 Å². The summed E-state index contributed by atoms with van der Waals surface area (Å²) in [6.45, 7) is 1.61. The van der Waals surface area contributed by atoms with E-state index in [1.165, 1.54) is 23.1 Å². The highest BCUT2D eigenvalue weighted by Gasteiger charge is 2.16. The number of aromatic nitrogens is 2. The number of thioether (sulfide) groups is 1. The molecule has 1 aromatic carbocycles. The number of carboxylic acids is 1. The average Bonchev–Trinajstić information content (AvgIpc) is 2.77. The zero-order valence-corrected chi connectivity index (χ0v) is 11.7. The summed E-state index contributed by atoms with van der Waals surface area (Å²) < 4.78 is 0.625. The fraction of sp³-hybridized carbons (Fsp3) is 0.182. The van der Waals surface area contributed by atoms with E-state index < -0.39 is 11.2 Å². The Morgan fingerprint density at radius 3 is 2.83 bits per heavy atom. The van der Waals surface area contributed by atoms with Gasteiger partial charge in [0.1, 0.15) is 10.3 Å². The number of carbonyl (C=O) groups is 1. The van der Waals surface area contributed by atoms with Crippen molar-refractivity contribution in [1.82, 2.24) is 10.2 Å². The van der Waals surface area contributed by atoms with Gasteiger partial charge in [0.15, 0.2) is 4.34 Å². The zero-order chi connectivity index (χ0) is 13.1. The highest BCUT2D eigenvalue weighted by molar-refractivity contribution is 8.02. The molecule has 1 atom stereocenters. The lowest BCUT2D eigenvalue weighted by Gasteiger charge is -2.00. The molecule has 18 heavy (non-hydrogen) atoms. The third-order valence-electron chi connectivity index (χ3n) is 2.14. The van der Waals surface area contributed by atoms with Crippen LogP contribution < -0.4 is 0 Å². The quantitative estimate of drug-likeness (QED) is 0.877. The van der Waals surface area contributed by atoms with Gasteiger partial charge in [-0.25, -0.2) is 0 Å². The van der Waals surface area contributed by atoms with E-state index >= 15 is 0 Å². The molecule has 0 aliphatic carbocycles. The highest BCUT2D eigenvalue weighted by Crippen LogP contribution is 2.34. The van der Waals surface area contributed by atoms with E-state index in [4.69, 9.17) is 16.7 Å². The number of hydrogen-bond donors (Lipinski definition) is 1. The SMILES string of the molecule is CC(Sc1nnc(-c2ccccc2Cl)s1)C(=O)O. The number of benzene rings is 1. The Morgan fingerprint density at radius 1 is 1.44 bits per heavy atom. The molecule has 0 fully saturated rings. The molecule has 0 spiro atoms. The van der Waals surface area contributed by atoms with Gasteiger partial charge in [-0.15, -0.1) is 10.2 Å². The minimum atomic E-state index is -0.866. The summed E-state index contributed by atoms with van der Waals surface area (Å²) in [6, 6.07) is 7.35. The van der Waals surface area contributed by atoms with Crippen molar-refractivity contribution in [3.63, 3.8) is 0 Å². The second-order valence-corrected chi connectivity index (χ2v) is 6.42. The Kier molecular flexibility index (Phi) is 4.21. The first-order valence-electron chi connectivity index (χ1n) is 5.06. The van der Waals surface area contributed by atoms with Crippen LogP contribution in [0.2, 0.25) is 5.02 Å². The number of nitrogens with zero attached hydrogens (tertiary/aromatic N) is 2. The summed E-state index contributed by atoms with van der Waals surface area (Å²) in [7, 11) is 0. The Morgan fingerprint density at radius 2 is 2.17 bits per heavy atom. The lowest BCUT2D eigenvalue weighted by atomic mass is 10.2. The normalized spacial score (nSPS) is 12.3. The van der Waals surface area contributed by atoms with Crippen LogP contribution in [0.1, 0.15) is 6.92 Å². The van der Waals surface area contributed by atoms with Crippen LogP contribution in [-0.2, 0) is 4.79 Å². The summed E-state index contributed by atoms with van der Waals surface area (Å²) >= 11 is 8.58. The second kappa shape index (κ2) is 5.69. The first-order valence-corrected chi connectivity index (χ1v) is 7.13. The standard InChI is InChI=1S/C11H9ClN2O2S2/c1-6(10(15)16)17-11-14-13-9(18-11)7-4-2-3-5-8(7)12/h2-6H,1H3,(H,15,16). The largest absolute Gasteiger partial charge is 0.480 e. The van der Waals surface area contributed by atoms with Crippen molar-refractivity contribution in [2.45, 2.75) is 16.5 Å². The van der Waals surface area contributed by atoms with Crippen LogP contribution in [0.5, 0.6) is 0 Å². The molecule has 1 aromatic heterocycles. The fourth-order valence-electron chi connectivity index (χ4n) is 1.20. The highest BCUT2D eigenvalue weighted by atomic mass is 35.5. The summed E-state index contributed by atoms with van der Waals surface area (Å²) in [4.78, 5) is 10.7. The summed E-state index contributed by atoms with van der Waals surface area (Å²) in [5.41, 5.74) is 0.812. The van der Waals surface area contributed by atoms with Gasteiger partial charge in [-0.3, -0.25) is 4.79 Å². The van der Waals surface area contributed by atoms with Crippen LogP contribution >= 0.6 is 34.7 Å². The molecule has 4 nitrogen and oxygen atoms in total. The van der Waals surface area contributed by atoms with Crippen molar-refractivity contribution in [3.05, 3.63) is 29.3 Å². The molecule has 2 rings (SSSR count). The molecule has 1 N–H and O–H groups in total. The topological polar surface area (TPSA) is 63.1 Å². The lowest BCUT2D eigenvalue weighted by molar-refractivity contribution is -0.136. The monoisotopic (exact) mass is 300 g/mol. The van der Waals surface area contributed by atoms with E-state index in [9.17, 15) is 4.79 Å². The first-order chi connectivity index (χ1) is 8.58. The van der Waals surface area contributed by atoms with Gasteiger partial charge < -0.3 is 5.11 Å². The Bertz CT molecular complexity index is 574. The van der Waals surface area contributed by atoms with Crippen LogP contribution in [0.15, 0.2) is 28.6 Å². The van der Waals surface area contributed by atoms with Crippen LogP contribution in [0, 0.1) is 0 Å². The summed E-state index contributed by atoms with van der Waals surface area (Å²) in [5, 5.41) is 17.6. The number of hydrogen-bond acceptors (Lipinski definition) is 5. The Labute approximate surface area is 117 Å². The number of rotatable bonds is 4. The number of carboxylic acid groups (broad SMARTS) is 1. The van der Waals surface area contributed by atoms with E-state index in [1.807, 2.05) is 18.2 Å². The molecule has 0 bridgehead atoms. The zero-order valence-electron chi connectivity index (χ0n) is 9.33. The van der Waals surface area contributed by atoms with Crippen LogP contribution in [-0.4, -0.2) is 26.5 Å². The van der Waals surface area contributed by atoms with Gasteiger partial charge in [-0.05, 0) is 13.0 Å². The lowest BCUT2D eigenvalue weighted by Crippen LogP contribution is -2.10. The third kappa shape index (κ3) is 3.01. The molecule has 2 aromatic rings. The van der Waals surface area contributed by atoms with Gasteiger partial charge >= 0.3 is 5.97 Å². The van der Waals surface area contributed by atoms with Crippen LogP contribution in [0.25, 0.3) is 10.6 Å². The molecule has 0 saturated carbocycles. The average molecular weight is 301 g/mol. The molecule has 1 unspecified atom stereocenters. The second-order valence-electron chi connectivity index (χ2n) is 3.45. The van der Waals surface area contributed by atoms with Crippen LogP contribution in [0.4, 0.5) is 0 Å². The minimum Gasteiger partial charge on any atom is -0.480 e. The molecule has 0 aliphatic rings. The van der Waals surface area contributed by atoms with E-state index in [0.29, 0.717) is 14.4 Å². The Hall–Kier alpha value is -1.11. The molecule has 1 heterocycles. The first kappa shape index (κ1) is 13.3. The molecule has 0 aliphatic heterocycles. The van der Waals surface area contributed by atoms with Crippen molar-refractivity contribution in [3.8, 4) is 10.6 Å². The predicted molar refractivity (Wildman–Crippen MR) is 73.3 cm³/mol. The molecule has 0 saturated heterocycles. The fourth-order valence-corrected chi connectivity index (χ4v) is 3.45. The maximum absolute atomic E-state index is 10.7. The van der Waals surface area contributed by atoms with Crippen LogP contribution in [0.3, 0.4) is 0 Å². The van der Waals surface area contributed by atoms with Crippen molar-refractivity contribution in [2.24, 2.45) is 0 Å². The predicted octanol–water partition coefficient (Wildman–Crippen LogP) is 3.42. The van der Waals surface area contributed by atoms with Gasteiger partial charge in [0.25, 0.3) is 0 Å². The van der Waals surface area contributed by atoms with Gasteiger partial charge in [0.05, 0.1) is 5.02 Å². The molecule has 0 radical (unpaired) electrons. The number of aliphatic carboxylic acids is 1. The van der Waals surface area contributed by atoms with Crippen molar-refractivity contribution < 1.29 is 9.90 Å². The van der Waals surface area contributed by atoms with E-state index in [0.717, 1.165) is 5.56 Å². The molecule has 7 heteroatoms. The van der Waals surface area contributed by atoms with Gasteiger partial charge in [-0.2, -0.15) is 0 Å². The van der Waals surface area contributed by atoms with Gasteiger partial charge in [0.2, 0.25) is 0 Å².